The van der Waals surface area contributed by atoms with Crippen LogP contribution in [0.3, 0.4) is 0 Å². The van der Waals surface area contributed by atoms with Crippen LogP contribution in [-0.4, -0.2) is 12.5 Å². The molecule has 0 unspecified atom stereocenters. The molecule has 0 aliphatic rings. The van der Waals surface area contributed by atoms with Crippen LogP contribution in [0.15, 0.2) is 42.5 Å². The van der Waals surface area contributed by atoms with Crippen molar-refractivity contribution in [3.63, 3.8) is 0 Å². The summed E-state index contributed by atoms with van der Waals surface area (Å²) in [6.45, 7) is 2.55. The minimum Gasteiger partial charge on any atom is -0.352 e. The van der Waals surface area contributed by atoms with Crippen LogP contribution in [0, 0.1) is 6.92 Å². The number of halogens is 2. The van der Waals surface area contributed by atoms with E-state index in [-0.39, 0.29) is 5.91 Å². The van der Waals surface area contributed by atoms with E-state index in [1.807, 2.05) is 43.3 Å². The molecule has 0 saturated heterocycles. The van der Waals surface area contributed by atoms with E-state index in [4.69, 9.17) is 23.2 Å². The van der Waals surface area contributed by atoms with Crippen LogP contribution in [0.4, 0.5) is 0 Å². The van der Waals surface area contributed by atoms with Gasteiger partial charge in [-0.25, -0.2) is 0 Å². The first-order chi connectivity index (χ1) is 9.56. The highest BCUT2D eigenvalue weighted by molar-refractivity contribution is 6.42. The van der Waals surface area contributed by atoms with Crippen LogP contribution in [0.1, 0.15) is 21.5 Å². The molecule has 2 aromatic carbocycles. The van der Waals surface area contributed by atoms with Gasteiger partial charge in [0.2, 0.25) is 0 Å². The van der Waals surface area contributed by atoms with Gasteiger partial charge in [0.05, 0.1) is 10.0 Å². The maximum atomic E-state index is 11.9. The normalized spacial score (nSPS) is 10.3. The molecule has 2 aromatic rings. The second-order valence-electron chi connectivity index (χ2n) is 4.62. The Hall–Kier alpha value is -1.51. The predicted molar refractivity (Wildman–Crippen MR) is 83.7 cm³/mol. The fourth-order valence-electron chi connectivity index (χ4n) is 1.82. The molecule has 0 radical (unpaired) electrons. The molecule has 0 aliphatic heterocycles. The molecule has 0 saturated carbocycles. The predicted octanol–water partition coefficient (Wildman–Crippen LogP) is 4.27. The van der Waals surface area contributed by atoms with Crippen molar-refractivity contribution >= 4 is 29.1 Å². The number of benzene rings is 2. The average Bonchev–Trinajstić information content (AvgIpc) is 2.43. The van der Waals surface area contributed by atoms with Crippen LogP contribution in [0.2, 0.25) is 10.0 Å². The molecule has 1 amide bonds. The first-order valence-corrected chi connectivity index (χ1v) is 7.10. The van der Waals surface area contributed by atoms with E-state index in [0.717, 1.165) is 11.1 Å². The first kappa shape index (κ1) is 14.9. The van der Waals surface area contributed by atoms with Gasteiger partial charge in [-0.1, -0.05) is 47.0 Å². The molecule has 0 spiro atoms. The molecule has 2 nitrogen and oxygen atoms in total. The highest BCUT2D eigenvalue weighted by Gasteiger charge is 2.05. The standard InChI is InChI=1S/C16H15Cl2NO/c1-11-2-5-13(6-3-11)16(20)19-9-8-12-4-7-14(17)15(18)10-12/h2-7,10H,8-9H2,1H3,(H,19,20). The van der Waals surface area contributed by atoms with Crippen molar-refractivity contribution in [2.24, 2.45) is 0 Å². The Labute approximate surface area is 128 Å². The van der Waals surface area contributed by atoms with Gasteiger partial charge in [-0.15, -0.1) is 0 Å². The summed E-state index contributed by atoms with van der Waals surface area (Å²) < 4.78 is 0. The van der Waals surface area contributed by atoms with E-state index in [1.54, 1.807) is 6.07 Å². The zero-order chi connectivity index (χ0) is 14.5. The summed E-state index contributed by atoms with van der Waals surface area (Å²) in [5.41, 5.74) is 2.85. The number of hydrogen-bond acceptors (Lipinski definition) is 1. The van der Waals surface area contributed by atoms with Crippen molar-refractivity contribution in [1.29, 1.82) is 0 Å². The average molecular weight is 308 g/mol. The molecule has 0 bridgehead atoms. The van der Waals surface area contributed by atoms with Crippen LogP contribution in [-0.2, 0) is 6.42 Å². The molecule has 0 atom stereocenters. The van der Waals surface area contributed by atoms with Gasteiger partial charge in [0.1, 0.15) is 0 Å². The topological polar surface area (TPSA) is 29.1 Å². The van der Waals surface area contributed by atoms with Crippen molar-refractivity contribution in [1.82, 2.24) is 5.32 Å². The molecule has 104 valence electrons. The highest BCUT2D eigenvalue weighted by Crippen LogP contribution is 2.22. The quantitative estimate of drug-likeness (QED) is 0.897. The van der Waals surface area contributed by atoms with Gasteiger partial charge < -0.3 is 5.32 Å². The third-order valence-electron chi connectivity index (χ3n) is 3.00. The number of rotatable bonds is 4. The summed E-state index contributed by atoms with van der Waals surface area (Å²) in [5.74, 6) is -0.0648. The fourth-order valence-corrected chi connectivity index (χ4v) is 2.14. The Morgan fingerprint density at radius 1 is 1.05 bits per heavy atom. The fraction of sp³-hybridized carbons (Fsp3) is 0.188. The van der Waals surface area contributed by atoms with Crippen molar-refractivity contribution in [2.45, 2.75) is 13.3 Å². The number of nitrogens with one attached hydrogen (secondary N) is 1. The third-order valence-corrected chi connectivity index (χ3v) is 3.74. The van der Waals surface area contributed by atoms with E-state index >= 15 is 0 Å². The number of amides is 1. The maximum absolute atomic E-state index is 11.9. The summed E-state index contributed by atoms with van der Waals surface area (Å²) in [7, 11) is 0. The van der Waals surface area contributed by atoms with Crippen LogP contribution < -0.4 is 5.32 Å². The molecule has 0 aromatic heterocycles. The third kappa shape index (κ3) is 3.99. The summed E-state index contributed by atoms with van der Waals surface area (Å²) in [6.07, 6.45) is 0.717. The van der Waals surface area contributed by atoms with Crippen molar-refractivity contribution in [3.05, 3.63) is 69.2 Å². The Morgan fingerprint density at radius 3 is 2.40 bits per heavy atom. The number of hydrogen-bond donors (Lipinski definition) is 1. The molecule has 4 heteroatoms. The molecule has 20 heavy (non-hydrogen) atoms. The minimum absolute atomic E-state index is 0.0648. The van der Waals surface area contributed by atoms with Gasteiger partial charge in [0.25, 0.3) is 5.91 Å². The summed E-state index contributed by atoms with van der Waals surface area (Å²) in [4.78, 5) is 11.9. The molecular formula is C16H15Cl2NO. The Morgan fingerprint density at radius 2 is 1.75 bits per heavy atom. The number of carbonyl (C=O) groups is 1. The Balaban J connectivity index is 1.87. The van der Waals surface area contributed by atoms with Gasteiger partial charge in [0, 0.05) is 12.1 Å². The Kier molecular flexibility index (Phi) is 5.05. The summed E-state index contributed by atoms with van der Waals surface area (Å²) in [5, 5.41) is 3.96. The van der Waals surface area contributed by atoms with Crippen molar-refractivity contribution in [3.8, 4) is 0 Å². The second kappa shape index (κ2) is 6.78. The van der Waals surface area contributed by atoms with Crippen LogP contribution in [0.5, 0.6) is 0 Å². The lowest BCUT2D eigenvalue weighted by molar-refractivity contribution is 0.0954. The summed E-state index contributed by atoms with van der Waals surface area (Å²) >= 11 is 11.8. The second-order valence-corrected chi connectivity index (χ2v) is 5.43. The molecular weight excluding hydrogens is 293 g/mol. The molecule has 0 heterocycles. The number of carbonyl (C=O) groups excluding carboxylic acids is 1. The molecule has 0 aliphatic carbocycles. The first-order valence-electron chi connectivity index (χ1n) is 6.35. The number of aryl methyl sites for hydroxylation is 1. The lowest BCUT2D eigenvalue weighted by atomic mass is 10.1. The molecule has 2 rings (SSSR count). The van der Waals surface area contributed by atoms with Crippen LogP contribution >= 0.6 is 23.2 Å². The molecule has 1 N–H and O–H groups in total. The lowest BCUT2D eigenvalue weighted by Crippen LogP contribution is -2.25. The van der Waals surface area contributed by atoms with Crippen molar-refractivity contribution < 1.29 is 4.79 Å². The van der Waals surface area contributed by atoms with Gasteiger partial charge >= 0.3 is 0 Å². The van der Waals surface area contributed by atoms with Gasteiger partial charge in [-0.2, -0.15) is 0 Å². The van der Waals surface area contributed by atoms with Gasteiger partial charge in [-0.05, 0) is 43.2 Å². The van der Waals surface area contributed by atoms with E-state index < -0.39 is 0 Å². The van der Waals surface area contributed by atoms with E-state index in [0.29, 0.717) is 28.6 Å². The molecule has 0 fully saturated rings. The smallest absolute Gasteiger partial charge is 0.251 e. The van der Waals surface area contributed by atoms with Crippen molar-refractivity contribution in [2.75, 3.05) is 6.54 Å². The minimum atomic E-state index is -0.0648. The zero-order valence-electron chi connectivity index (χ0n) is 11.1. The Bertz CT molecular complexity index is 608. The van der Waals surface area contributed by atoms with Crippen LogP contribution in [0.25, 0.3) is 0 Å². The maximum Gasteiger partial charge on any atom is 0.251 e. The van der Waals surface area contributed by atoms with E-state index in [2.05, 4.69) is 5.32 Å². The monoisotopic (exact) mass is 307 g/mol. The highest BCUT2D eigenvalue weighted by atomic mass is 35.5. The van der Waals surface area contributed by atoms with E-state index in [9.17, 15) is 4.79 Å². The summed E-state index contributed by atoms with van der Waals surface area (Å²) in [6, 6.07) is 13.0. The largest absolute Gasteiger partial charge is 0.352 e. The lowest BCUT2D eigenvalue weighted by Gasteiger charge is -2.06. The van der Waals surface area contributed by atoms with Gasteiger partial charge in [0.15, 0.2) is 0 Å². The van der Waals surface area contributed by atoms with E-state index in [1.165, 1.54) is 0 Å². The SMILES string of the molecule is Cc1ccc(C(=O)NCCc2ccc(Cl)c(Cl)c2)cc1. The van der Waals surface area contributed by atoms with Gasteiger partial charge in [-0.3, -0.25) is 4.79 Å². The zero-order valence-corrected chi connectivity index (χ0v) is 12.6.